The van der Waals surface area contributed by atoms with Gasteiger partial charge in [0.1, 0.15) is 0 Å². The number of hydrogen-bond donors (Lipinski definition) is 1. The third-order valence-electron chi connectivity index (χ3n) is 3.31. The van der Waals surface area contributed by atoms with Crippen LogP contribution in [0.4, 0.5) is 0 Å². The number of nitrogens with one attached hydrogen (secondary N) is 1. The van der Waals surface area contributed by atoms with Crippen molar-refractivity contribution in [3.8, 4) is 0 Å². The second-order valence-corrected chi connectivity index (χ2v) is 4.45. The normalized spacial score (nSPS) is 25.0. The molecule has 0 saturated carbocycles. The Morgan fingerprint density at radius 2 is 2.14 bits per heavy atom. The Hall–Kier alpha value is -0.820. The van der Waals surface area contributed by atoms with Gasteiger partial charge in [-0.3, -0.25) is 0 Å². The molecule has 0 aliphatic carbocycles. The van der Waals surface area contributed by atoms with E-state index < -0.39 is 0 Å². The summed E-state index contributed by atoms with van der Waals surface area (Å²) >= 11 is 0. The highest BCUT2D eigenvalue weighted by Gasteiger charge is 2.32. The number of hydrogen-bond acceptors (Lipinski definition) is 1. The zero-order valence-electron chi connectivity index (χ0n) is 9.14. The van der Waals surface area contributed by atoms with Crippen LogP contribution in [0.3, 0.4) is 0 Å². The fraction of sp³-hybridized carbons (Fsp3) is 0.538. The Balaban J connectivity index is 2.23. The monoisotopic (exact) mass is 189 g/mol. The van der Waals surface area contributed by atoms with Crippen LogP contribution >= 0.6 is 0 Å². The standard InChI is InChI=1S/C13H19N/c1-3-4-9-13(2)12-8-6-5-7-11(12)10-14-13/h5-8,14H,3-4,9-10H2,1-2H3. The largest absolute Gasteiger partial charge is 0.303 e. The molecule has 0 bridgehead atoms. The molecular formula is C13H19N. The fourth-order valence-corrected chi connectivity index (χ4v) is 2.35. The van der Waals surface area contributed by atoms with Gasteiger partial charge in [0.2, 0.25) is 0 Å². The minimum atomic E-state index is 0.229. The lowest BCUT2D eigenvalue weighted by molar-refractivity contribution is 0.358. The minimum absolute atomic E-state index is 0.229. The maximum Gasteiger partial charge on any atom is 0.0411 e. The first kappa shape index (κ1) is 9.72. The van der Waals surface area contributed by atoms with Crippen LogP contribution in [-0.2, 0) is 12.1 Å². The van der Waals surface area contributed by atoms with Gasteiger partial charge < -0.3 is 5.32 Å². The molecule has 1 unspecified atom stereocenters. The van der Waals surface area contributed by atoms with Gasteiger partial charge in [-0.15, -0.1) is 0 Å². The molecule has 1 aliphatic heterocycles. The summed E-state index contributed by atoms with van der Waals surface area (Å²) in [6.07, 6.45) is 3.83. The third-order valence-corrected chi connectivity index (χ3v) is 3.31. The van der Waals surface area contributed by atoms with E-state index in [-0.39, 0.29) is 5.54 Å². The van der Waals surface area contributed by atoms with E-state index in [1.807, 2.05) is 0 Å². The van der Waals surface area contributed by atoms with Crippen LogP contribution < -0.4 is 5.32 Å². The summed E-state index contributed by atoms with van der Waals surface area (Å²) in [5.74, 6) is 0. The van der Waals surface area contributed by atoms with E-state index in [2.05, 4.69) is 43.4 Å². The van der Waals surface area contributed by atoms with Gasteiger partial charge in [-0.1, -0.05) is 44.0 Å². The maximum atomic E-state index is 3.63. The van der Waals surface area contributed by atoms with Crippen molar-refractivity contribution in [1.29, 1.82) is 0 Å². The molecule has 2 rings (SSSR count). The summed E-state index contributed by atoms with van der Waals surface area (Å²) in [6, 6.07) is 8.78. The van der Waals surface area contributed by atoms with Crippen molar-refractivity contribution in [2.45, 2.75) is 45.2 Å². The molecule has 0 aromatic heterocycles. The molecule has 1 heterocycles. The van der Waals surface area contributed by atoms with E-state index in [1.54, 1.807) is 0 Å². The van der Waals surface area contributed by atoms with E-state index in [4.69, 9.17) is 0 Å². The van der Waals surface area contributed by atoms with Crippen molar-refractivity contribution in [3.63, 3.8) is 0 Å². The number of benzene rings is 1. The molecule has 0 amide bonds. The molecule has 76 valence electrons. The zero-order chi connectivity index (χ0) is 10.0. The van der Waals surface area contributed by atoms with Crippen LogP contribution in [0.1, 0.15) is 44.2 Å². The fourth-order valence-electron chi connectivity index (χ4n) is 2.35. The van der Waals surface area contributed by atoms with Crippen molar-refractivity contribution in [2.24, 2.45) is 0 Å². The Bertz CT molecular complexity index is 319. The lowest BCUT2D eigenvalue weighted by Gasteiger charge is -2.25. The predicted molar refractivity (Wildman–Crippen MR) is 60.2 cm³/mol. The Labute approximate surface area is 86.5 Å². The summed E-state index contributed by atoms with van der Waals surface area (Å²) in [5.41, 5.74) is 3.21. The smallest absolute Gasteiger partial charge is 0.0411 e. The molecule has 0 radical (unpaired) electrons. The Kier molecular flexibility index (Phi) is 2.60. The number of fused-ring (bicyclic) bond motifs is 1. The molecule has 1 N–H and O–H groups in total. The summed E-state index contributed by atoms with van der Waals surface area (Å²) in [4.78, 5) is 0. The van der Waals surface area contributed by atoms with Crippen molar-refractivity contribution in [1.82, 2.24) is 5.32 Å². The summed E-state index contributed by atoms with van der Waals surface area (Å²) in [6.45, 7) is 5.62. The van der Waals surface area contributed by atoms with Gasteiger partial charge in [-0.2, -0.15) is 0 Å². The highest BCUT2D eigenvalue weighted by atomic mass is 15.0. The quantitative estimate of drug-likeness (QED) is 0.770. The summed E-state index contributed by atoms with van der Waals surface area (Å²) in [7, 11) is 0. The third kappa shape index (κ3) is 1.57. The molecule has 1 aromatic rings. The minimum Gasteiger partial charge on any atom is -0.303 e. The molecule has 0 saturated heterocycles. The first-order chi connectivity index (χ1) is 6.76. The van der Waals surface area contributed by atoms with E-state index in [9.17, 15) is 0 Å². The topological polar surface area (TPSA) is 12.0 Å². The molecule has 1 nitrogen and oxygen atoms in total. The molecule has 0 fully saturated rings. The Morgan fingerprint density at radius 1 is 1.36 bits per heavy atom. The number of rotatable bonds is 3. The van der Waals surface area contributed by atoms with Gasteiger partial charge in [0.15, 0.2) is 0 Å². The molecule has 14 heavy (non-hydrogen) atoms. The van der Waals surface area contributed by atoms with Crippen LogP contribution in [0.5, 0.6) is 0 Å². The van der Waals surface area contributed by atoms with Gasteiger partial charge in [0.05, 0.1) is 0 Å². The van der Waals surface area contributed by atoms with E-state index in [0.29, 0.717) is 0 Å². The van der Waals surface area contributed by atoms with Crippen LogP contribution in [0.15, 0.2) is 24.3 Å². The molecule has 0 spiro atoms. The SMILES string of the molecule is CCCCC1(C)NCc2ccccc21. The average molecular weight is 189 g/mol. The van der Waals surface area contributed by atoms with Crippen LogP contribution in [0, 0.1) is 0 Å². The second-order valence-electron chi connectivity index (χ2n) is 4.45. The number of unbranched alkanes of at least 4 members (excludes halogenated alkanes) is 1. The van der Waals surface area contributed by atoms with Crippen molar-refractivity contribution >= 4 is 0 Å². The van der Waals surface area contributed by atoms with Gasteiger partial charge in [0, 0.05) is 12.1 Å². The maximum absolute atomic E-state index is 3.63. The first-order valence-electron chi connectivity index (χ1n) is 5.60. The van der Waals surface area contributed by atoms with Gasteiger partial charge >= 0.3 is 0 Å². The van der Waals surface area contributed by atoms with E-state index >= 15 is 0 Å². The molecule has 1 aromatic carbocycles. The van der Waals surface area contributed by atoms with E-state index in [1.165, 1.54) is 30.4 Å². The zero-order valence-corrected chi connectivity index (χ0v) is 9.14. The lowest BCUT2D eigenvalue weighted by Crippen LogP contribution is -2.32. The molecule has 1 atom stereocenters. The molecule has 1 heteroatoms. The molecule has 1 aliphatic rings. The van der Waals surface area contributed by atoms with Crippen molar-refractivity contribution in [3.05, 3.63) is 35.4 Å². The van der Waals surface area contributed by atoms with Gasteiger partial charge in [0.25, 0.3) is 0 Å². The Morgan fingerprint density at radius 3 is 2.93 bits per heavy atom. The average Bonchev–Trinajstić information content (AvgIpc) is 2.55. The van der Waals surface area contributed by atoms with Gasteiger partial charge in [-0.25, -0.2) is 0 Å². The summed E-state index contributed by atoms with van der Waals surface area (Å²) < 4.78 is 0. The van der Waals surface area contributed by atoms with Crippen molar-refractivity contribution in [2.75, 3.05) is 0 Å². The van der Waals surface area contributed by atoms with Crippen LogP contribution in [-0.4, -0.2) is 0 Å². The van der Waals surface area contributed by atoms with Crippen LogP contribution in [0.25, 0.3) is 0 Å². The lowest BCUT2D eigenvalue weighted by atomic mass is 9.88. The van der Waals surface area contributed by atoms with E-state index in [0.717, 1.165) is 6.54 Å². The second kappa shape index (κ2) is 3.74. The summed E-state index contributed by atoms with van der Waals surface area (Å²) in [5, 5.41) is 3.63. The highest BCUT2D eigenvalue weighted by Crippen LogP contribution is 2.34. The van der Waals surface area contributed by atoms with Crippen molar-refractivity contribution < 1.29 is 0 Å². The van der Waals surface area contributed by atoms with Crippen LogP contribution in [0.2, 0.25) is 0 Å². The highest BCUT2D eigenvalue weighted by molar-refractivity contribution is 5.37. The predicted octanol–water partition coefficient (Wildman–Crippen LogP) is 3.20. The van der Waals surface area contributed by atoms with Gasteiger partial charge in [-0.05, 0) is 24.5 Å². The first-order valence-corrected chi connectivity index (χ1v) is 5.60. The molecular weight excluding hydrogens is 170 g/mol.